The molecule has 1 atom stereocenters. The highest BCUT2D eigenvalue weighted by Crippen LogP contribution is 2.17. The minimum absolute atomic E-state index is 0.656. The highest BCUT2D eigenvalue weighted by atomic mass is 16.5. The topological polar surface area (TPSA) is 54.2 Å². The quantitative estimate of drug-likeness (QED) is 0.779. The van der Waals surface area contributed by atoms with Gasteiger partial charge in [-0.15, -0.1) is 0 Å². The lowest BCUT2D eigenvalue weighted by molar-refractivity contribution is 0.160. The standard InChI is InChI=1S/C13H24N4O/c1-3-6-14-8-12-5-4-7-17(9-12)10-13-15-11(2)18-16-13/h12,14H,3-10H2,1-2H3. The maximum atomic E-state index is 5.01. The van der Waals surface area contributed by atoms with E-state index >= 15 is 0 Å². The Hall–Kier alpha value is -0.940. The molecule has 0 amide bonds. The molecule has 1 saturated heterocycles. The molecule has 0 saturated carbocycles. The van der Waals surface area contributed by atoms with Crippen molar-refractivity contribution in [2.24, 2.45) is 5.92 Å². The summed E-state index contributed by atoms with van der Waals surface area (Å²) in [6.45, 7) is 9.42. The van der Waals surface area contributed by atoms with Gasteiger partial charge in [0.1, 0.15) is 0 Å². The van der Waals surface area contributed by atoms with Crippen molar-refractivity contribution in [2.45, 2.75) is 39.7 Å². The van der Waals surface area contributed by atoms with Crippen molar-refractivity contribution in [1.82, 2.24) is 20.4 Å². The third-order valence-electron chi connectivity index (χ3n) is 3.40. The Bertz CT molecular complexity index is 353. The number of rotatable bonds is 6. The van der Waals surface area contributed by atoms with E-state index in [2.05, 4.69) is 27.3 Å². The molecule has 2 heterocycles. The van der Waals surface area contributed by atoms with Crippen LogP contribution in [-0.4, -0.2) is 41.2 Å². The Kier molecular flexibility index (Phi) is 5.13. The molecule has 0 radical (unpaired) electrons. The molecule has 1 aromatic heterocycles. The number of likely N-dealkylation sites (tertiary alicyclic amines) is 1. The lowest BCUT2D eigenvalue weighted by atomic mass is 9.98. The van der Waals surface area contributed by atoms with Crippen molar-refractivity contribution >= 4 is 0 Å². The Balaban J connectivity index is 1.76. The number of piperidine rings is 1. The van der Waals surface area contributed by atoms with Gasteiger partial charge in [-0.1, -0.05) is 12.1 Å². The third kappa shape index (κ3) is 4.07. The maximum Gasteiger partial charge on any atom is 0.223 e. The second-order valence-corrected chi connectivity index (χ2v) is 5.18. The van der Waals surface area contributed by atoms with Gasteiger partial charge in [-0.05, 0) is 44.8 Å². The van der Waals surface area contributed by atoms with Crippen LogP contribution >= 0.6 is 0 Å². The summed E-state index contributed by atoms with van der Waals surface area (Å²) < 4.78 is 5.01. The Morgan fingerprint density at radius 3 is 3.11 bits per heavy atom. The predicted octanol–water partition coefficient (Wildman–Crippen LogP) is 1.59. The van der Waals surface area contributed by atoms with Crippen LogP contribution < -0.4 is 5.32 Å². The van der Waals surface area contributed by atoms with E-state index in [1.165, 1.54) is 19.3 Å². The molecule has 1 fully saturated rings. The van der Waals surface area contributed by atoms with Gasteiger partial charge in [0, 0.05) is 13.5 Å². The molecule has 102 valence electrons. The van der Waals surface area contributed by atoms with Crippen LogP contribution in [0.25, 0.3) is 0 Å². The van der Waals surface area contributed by atoms with E-state index < -0.39 is 0 Å². The first-order valence-electron chi connectivity index (χ1n) is 7.00. The van der Waals surface area contributed by atoms with Gasteiger partial charge in [0.15, 0.2) is 5.82 Å². The highest BCUT2D eigenvalue weighted by molar-refractivity contribution is 4.86. The summed E-state index contributed by atoms with van der Waals surface area (Å²) >= 11 is 0. The second-order valence-electron chi connectivity index (χ2n) is 5.18. The summed E-state index contributed by atoms with van der Waals surface area (Å²) in [5, 5.41) is 7.48. The molecule has 1 aromatic rings. The molecule has 2 rings (SSSR count). The fourth-order valence-corrected chi connectivity index (χ4v) is 2.55. The van der Waals surface area contributed by atoms with E-state index in [4.69, 9.17) is 4.52 Å². The van der Waals surface area contributed by atoms with Crippen LogP contribution in [0, 0.1) is 12.8 Å². The monoisotopic (exact) mass is 252 g/mol. The van der Waals surface area contributed by atoms with E-state index in [1.807, 2.05) is 6.92 Å². The first-order chi connectivity index (χ1) is 8.78. The number of nitrogens with zero attached hydrogens (tertiary/aromatic N) is 3. The Morgan fingerprint density at radius 1 is 1.50 bits per heavy atom. The molecule has 0 aliphatic carbocycles. The van der Waals surface area contributed by atoms with E-state index in [0.29, 0.717) is 5.89 Å². The average molecular weight is 252 g/mol. The molecule has 18 heavy (non-hydrogen) atoms. The molecule has 0 spiro atoms. The summed E-state index contributed by atoms with van der Waals surface area (Å²) in [6.07, 6.45) is 3.81. The summed E-state index contributed by atoms with van der Waals surface area (Å²) in [6, 6.07) is 0. The molecule has 1 aliphatic rings. The minimum atomic E-state index is 0.656. The van der Waals surface area contributed by atoms with Crippen molar-refractivity contribution in [1.29, 1.82) is 0 Å². The van der Waals surface area contributed by atoms with Crippen molar-refractivity contribution in [2.75, 3.05) is 26.2 Å². The molecular weight excluding hydrogens is 228 g/mol. The number of aromatic nitrogens is 2. The van der Waals surface area contributed by atoms with Crippen LogP contribution in [0.15, 0.2) is 4.52 Å². The number of hydrogen-bond acceptors (Lipinski definition) is 5. The summed E-state index contributed by atoms with van der Waals surface area (Å²) in [5.74, 6) is 2.23. The van der Waals surface area contributed by atoms with Crippen molar-refractivity contribution < 1.29 is 4.52 Å². The van der Waals surface area contributed by atoms with Crippen molar-refractivity contribution in [3.05, 3.63) is 11.7 Å². The van der Waals surface area contributed by atoms with Gasteiger partial charge >= 0.3 is 0 Å². The lowest BCUT2D eigenvalue weighted by Crippen LogP contribution is -2.39. The molecule has 1 aliphatic heterocycles. The molecule has 1 N–H and O–H groups in total. The van der Waals surface area contributed by atoms with Crippen molar-refractivity contribution in [3.8, 4) is 0 Å². The zero-order chi connectivity index (χ0) is 12.8. The van der Waals surface area contributed by atoms with Crippen LogP contribution in [0.1, 0.15) is 37.9 Å². The van der Waals surface area contributed by atoms with Gasteiger partial charge < -0.3 is 9.84 Å². The first-order valence-corrected chi connectivity index (χ1v) is 7.00. The zero-order valence-corrected chi connectivity index (χ0v) is 11.5. The first kappa shape index (κ1) is 13.5. The van der Waals surface area contributed by atoms with Gasteiger partial charge in [0.2, 0.25) is 5.89 Å². The van der Waals surface area contributed by atoms with Crippen LogP contribution in [-0.2, 0) is 6.54 Å². The van der Waals surface area contributed by atoms with Gasteiger partial charge in [-0.3, -0.25) is 4.90 Å². The van der Waals surface area contributed by atoms with E-state index in [0.717, 1.165) is 44.5 Å². The molecular formula is C13H24N4O. The minimum Gasteiger partial charge on any atom is -0.340 e. The molecule has 0 aromatic carbocycles. The van der Waals surface area contributed by atoms with E-state index in [-0.39, 0.29) is 0 Å². The molecule has 0 bridgehead atoms. The van der Waals surface area contributed by atoms with E-state index in [1.54, 1.807) is 0 Å². The third-order valence-corrected chi connectivity index (χ3v) is 3.40. The van der Waals surface area contributed by atoms with Crippen LogP contribution in [0.4, 0.5) is 0 Å². The number of nitrogens with one attached hydrogen (secondary N) is 1. The zero-order valence-electron chi connectivity index (χ0n) is 11.5. The molecule has 5 nitrogen and oxygen atoms in total. The Labute approximate surface area is 109 Å². The molecule has 5 heteroatoms. The summed E-state index contributed by atoms with van der Waals surface area (Å²) in [5.41, 5.74) is 0. The Morgan fingerprint density at radius 2 is 2.39 bits per heavy atom. The average Bonchev–Trinajstić information content (AvgIpc) is 2.76. The fraction of sp³-hybridized carbons (Fsp3) is 0.846. The predicted molar refractivity (Wildman–Crippen MR) is 70.2 cm³/mol. The van der Waals surface area contributed by atoms with Gasteiger partial charge in [0.05, 0.1) is 6.54 Å². The van der Waals surface area contributed by atoms with Crippen LogP contribution in [0.5, 0.6) is 0 Å². The van der Waals surface area contributed by atoms with Gasteiger partial charge in [0.25, 0.3) is 0 Å². The number of hydrogen-bond donors (Lipinski definition) is 1. The summed E-state index contributed by atoms with van der Waals surface area (Å²) in [7, 11) is 0. The van der Waals surface area contributed by atoms with Crippen molar-refractivity contribution in [3.63, 3.8) is 0 Å². The van der Waals surface area contributed by atoms with E-state index in [9.17, 15) is 0 Å². The smallest absolute Gasteiger partial charge is 0.223 e. The highest BCUT2D eigenvalue weighted by Gasteiger charge is 2.20. The second kappa shape index (κ2) is 6.85. The molecule has 1 unspecified atom stereocenters. The SMILES string of the molecule is CCCNCC1CCCN(Cc2noc(C)n2)C1. The normalized spacial score (nSPS) is 21.3. The maximum absolute atomic E-state index is 5.01. The van der Waals surface area contributed by atoms with Gasteiger partial charge in [-0.25, -0.2) is 0 Å². The largest absolute Gasteiger partial charge is 0.340 e. The number of aryl methyl sites for hydroxylation is 1. The van der Waals surface area contributed by atoms with Crippen LogP contribution in [0.2, 0.25) is 0 Å². The summed E-state index contributed by atoms with van der Waals surface area (Å²) in [4.78, 5) is 6.71. The fourth-order valence-electron chi connectivity index (χ4n) is 2.55. The van der Waals surface area contributed by atoms with Crippen LogP contribution in [0.3, 0.4) is 0 Å². The lowest BCUT2D eigenvalue weighted by Gasteiger charge is -2.32. The van der Waals surface area contributed by atoms with Gasteiger partial charge in [-0.2, -0.15) is 4.98 Å².